The van der Waals surface area contributed by atoms with E-state index in [4.69, 9.17) is 9.15 Å². The molecule has 0 radical (unpaired) electrons. The molecule has 0 aliphatic heterocycles. The number of amides is 2. The van der Waals surface area contributed by atoms with Gasteiger partial charge in [0.25, 0.3) is 11.8 Å². The second-order valence-corrected chi connectivity index (χ2v) is 7.22. The van der Waals surface area contributed by atoms with Gasteiger partial charge >= 0.3 is 0 Å². The number of benzene rings is 3. The highest BCUT2D eigenvalue weighted by Crippen LogP contribution is 2.23. The highest BCUT2D eigenvalue weighted by Gasteiger charge is 2.16. The van der Waals surface area contributed by atoms with E-state index in [9.17, 15) is 9.59 Å². The second-order valence-electron chi connectivity index (χ2n) is 7.22. The maximum absolute atomic E-state index is 13.0. The van der Waals surface area contributed by atoms with Gasteiger partial charge in [0.1, 0.15) is 28.7 Å². The van der Waals surface area contributed by atoms with Crippen molar-refractivity contribution in [1.29, 1.82) is 0 Å². The summed E-state index contributed by atoms with van der Waals surface area (Å²) in [6.07, 6.45) is 1.50. The van der Waals surface area contributed by atoms with E-state index in [-0.39, 0.29) is 5.70 Å². The lowest BCUT2D eigenvalue weighted by Gasteiger charge is -2.11. The highest BCUT2D eigenvalue weighted by atomic mass is 16.5. The Morgan fingerprint density at radius 3 is 2.06 bits per heavy atom. The van der Waals surface area contributed by atoms with E-state index in [0.29, 0.717) is 28.5 Å². The van der Waals surface area contributed by atoms with Crippen molar-refractivity contribution in [3.63, 3.8) is 0 Å². The Bertz CT molecular complexity index is 1260. The van der Waals surface area contributed by atoms with Gasteiger partial charge in [-0.25, -0.2) is 0 Å². The molecule has 1 aromatic heterocycles. The first kappa shape index (κ1) is 21.6. The molecule has 0 bridgehead atoms. The Balaban J connectivity index is 1.50. The number of para-hydroxylation sites is 1. The average molecular weight is 438 g/mol. The SMILES string of the molecule is Cc1ccc(/C=C(\NC(=O)c2ccccc2)C(=O)Nc2ccc(Oc3ccccc3)cc2)o1. The van der Waals surface area contributed by atoms with Crippen molar-refractivity contribution in [1.82, 2.24) is 5.32 Å². The standard InChI is InChI=1S/C27H22N2O4/c1-19-12-15-24(32-19)18-25(29-26(30)20-8-4-2-5-9-20)27(31)28-21-13-16-23(17-14-21)33-22-10-6-3-7-11-22/h2-18H,1H3,(H,28,31)(H,29,30)/b25-18-. The Morgan fingerprint density at radius 2 is 1.42 bits per heavy atom. The Labute approximate surface area is 191 Å². The number of hydrogen-bond acceptors (Lipinski definition) is 4. The maximum Gasteiger partial charge on any atom is 0.272 e. The predicted molar refractivity (Wildman–Crippen MR) is 127 cm³/mol. The number of furan rings is 1. The summed E-state index contributed by atoms with van der Waals surface area (Å²) >= 11 is 0. The number of anilines is 1. The van der Waals surface area contributed by atoms with Gasteiger partial charge in [0.2, 0.25) is 0 Å². The van der Waals surface area contributed by atoms with Crippen molar-refractivity contribution in [2.24, 2.45) is 0 Å². The van der Waals surface area contributed by atoms with Gasteiger partial charge in [-0.1, -0.05) is 36.4 Å². The minimum absolute atomic E-state index is 0.0582. The summed E-state index contributed by atoms with van der Waals surface area (Å²) in [4.78, 5) is 25.6. The van der Waals surface area contributed by atoms with Crippen LogP contribution in [0.5, 0.6) is 11.5 Å². The molecule has 1 heterocycles. The van der Waals surface area contributed by atoms with Crippen LogP contribution in [0.25, 0.3) is 6.08 Å². The zero-order chi connectivity index (χ0) is 23.0. The van der Waals surface area contributed by atoms with E-state index >= 15 is 0 Å². The molecule has 4 rings (SSSR count). The third kappa shape index (κ3) is 5.98. The third-order valence-electron chi connectivity index (χ3n) is 4.67. The average Bonchev–Trinajstić information content (AvgIpc) is 3.25. The molecule has 2 amide bonds. The zero-order valence-corrected chi connectivity index (χ0v) is 17.9. The summed E-state index contributed by atoms with van der Waals surface area (Å²) in [6, 6.07) is 28.6. The van der Waals surface area contributed by atoms with Crippen LogP contribution < -0.4 is 15.4 Å². The number of nitrogens with one attached hydrogen (secondary N) is 2. The van der Waals surface area contributed by atoms with Gasteiger partial charge in [0.15, 0.2) is 0 Å². The number of hydrogen-bond donors (Lipinski definition) is 2. The summed E-state index contributed by atoms with van der Waals surface area (Å²) in [5, 5.41) is 5.48. The molecule has 0 unspecified atom stereocenters. The monoisotopic (exact) mass is 438 g/mol. The molecule has 6 nitrogen and oxygen atoms in total. The van der Waals surface area contributed by atoms with E-state index in [0.717, 1.165) is 5.75 Å². The number of carbonyl (C=O) groups is 2. The first-order valence-electron chi connectivity index (χ1n) is 10.4. The van der Waals surface area contributed by atoms with Crippen LogP contribution in [0.2, 0.25) is 0 Å². The van der Waals surface area contributed by atoms with E-state index in [1.54, 1.807) is 67.6 Å². The zero-order valence-electron chi connectivity index (χ0n) is 17.9. The van der Waals surface area contributed by atoms with Gasteiger partial charge in [-0.05, 0) is 67.6 Å². The van der Waals surface area contributed by atoms with Crippen LogP contribution in [0.15, 0.2) is 107 Å². The largest absolute Gasteiger partial charge is 0.462 e. The topological polar surface area (TPSA) is 80.6 Å². The second kappa shape index (κ2) is 10.2. The molecule has 33 heavy (non-hydrogen) atoms. The molecule has 0 aliphatic rings. The molecule has 4 aromatic rings. The highest BCUT2D eigenvalue weighted by molar-refractivity contribution is 6.10. The van der Waals surface area contributed by atoms with E-state index in [2.05, 4.69) is 10.6 Å². The Kier molecular flexibility index (Phi) is 6.66. The van der Waals surface area contributed by atoms with Gasteiger partial charge in [-0.2, -0.15) is 0 Å². The molecular formula is C27H22N2O4. The van der Waals surface area contributed by atoms with Crippen LogP contribution in [-0.2, 0) is 4.79 Å². The number of ether oxygens (including phenoxy) is 1. The third-order valence-corrected chi connectivity index (χ3v) is 4.67. The van der Waals surface area contributed by atoms with Crippen LogP contribution in [-0.4, -0.2) is 11.8 Å². The molecule has 164 valence electrons. The molecule has 0 spiro atoms. The van der Waals surface area contributed by atoms with Crippen LogP contribution in [0.3, 0.4) is 0 Å². The quantitative estimate of drug-likeness (QED) is 0.358. The predicted octanol–water partition coefficient (Wildman–Crippen LogP) is 5.79. The molecule has 2 N–H and O–H groups in total. The fraction of sp³-hybridized carbons (Fsp3) is 0.0370. The smallest absolute Gasteiger partial charge is 0.272 e. The summed E-state index contributed by atoms with van der Waals surface area (Å²) < 4.78 is 11.3. The van der Waals surface area contributed by atoms with Gasteiger partial charge < -0.3 is 19.8 Å². The van der Waals surface area contributed by atoms with Gasteiger partial charge in [-0.15, -0.1) is 0 Å². The number of carbonyl (C=O) groups excluding carboxylic acids is 2. The number of rotatable bonds is 7. The Hall–Kier alpha value is -4.58. The van der Waals surface area contributed by atoms with Gasteiger partial charge in [-0.3, -0.25) is 9.59 Å². The van der Waals surface area contributed by atoms with Gasteiger partial charge in [0.05, 0.1) is 0 Å². The van der Waals surface area contributed by atoms with E-state index in [1.807, 2.05) is 36.4 Å². The molecule has 0 fully saturated rings. The molecule has 6 heteroatoms. The van der Waals surface area contributed by atoms with Crippen molar-refractivity contribution in [3.05, 3.63) is 120 Å². The number of aryl methyl sites for hydroxylation is 1. The summed E-state index contributed by atoms with van der Waals surface area (Å²) in [5.74, 6) is 1.63. The molecule has 0 aliphatic carbocycles. The van der Waals surface area contributed by atoms with Crippen LogP contribution in [0.4, 0.5) is 5.69 Å². The summed E-state index contributed by atoms with van der Waals surface area (Å²) in [6.45, 7) is 1.80. The lowest BCUT2D eigenvalue weighted by Crippen LogP contribution is -2.30. The minimum Gasteiger partial charge on any atom is -0.462 e. The van der Waals surface area contributed by atoms with Crippen LogP contribution in [0, 0.1) is 6.92 Å². The minimum atomic E-state index is -0.481. The van der Waals surface area contributed by atoms with Gasteiger partial charge in [0, 0.05) is 17.3 Å². The summed E-state index contributed by atoms with van der Waals surface area (Å²) in [7, 11) is 0. The summed E-state index contributed by atoms with van der Waals surface area (Å²) in [5.41, 5.74) is 1.05. The molecule has 3 aromatic carbocycles. The fourth-order valence-electron chi connectivity index (χ4n) is 3.05. The normalized spacial score (nSPS) is 11.0. The van der Waals surface area contributed by atoms with Crippen LogP contribution >= 0.6 is 0 Å². The maximum atomic E-state index is 13.0. The molecule has 0 saturated carbocycles. The van der Waals surface area contributed by atoms with E-state index in [1.165, 1.54) is 6.08 Å². The molecule has 0 saturated heterocycles. The first-order chi connectivity index (χ1) is 16.1. The molecule has 0 atom stereocenters. The van der Waals surface area contributed by atoms with Crippen molar-refractivity contribution < 1.29 is 18.7 Å². The van der Waals surface area contributed by atoms with Crippen molar-refractivity contribution in [3.8, 4) is 11.5 Å². The Morgan fingerprint density at radius 1 is 0.788 bits per heavy atom. The lowest BCUT2D eigenvalue weighted by atomic mass is 10.2. The van der Waals surface area contributed by atoms with Crippen molar-refractivity contribution in [2.45, 2.75) is 6.92 Å². The first-order valence-corrected chi connectivity index (χ1v) is 10.4. The van der Waals surface area contributed by atoms with Crippen molar-refractivity contribution >= 4 is 23.6 Å². The van der Waals surface area contributed by atoms with Crippen molar-refractivity contribution in [2.75, 3.05) is 5.32 Å². The molecular weight excluding hydrogens is 416 g/mol. The van der Waals surface area contributed by atoms with E-state index < -0.39 is 11.8 Å². The lowest BCUT2D eigenvalue weighted by molar-refractivity contribution is -0.113. The fourth-order valence-corrected chi connectivity index (χ4v) is 3.05. The van der Waals surface area contributed by atoms with Crippen LogP contribution in [0.1, 0.15) is 21.9 Å².